The SMILES string of the molecule is NC(=O)c1cc(N)cnc1N1CCC(CO)CC1. The maximum Gasteiger partial charge on any atom is 0.252 e. The molecule has 0 atom stereocenters. The van der Waals surface area contributed by atoms with Crippen LogP contribution in [0.5, 0.6) is 0 Å². The number of amides is 1. The Labute approximate surface area is 106 Å². The minimum absolute atomic E-state index is 0.214. The molecule has 98 valence electrons. The number of hydrogen-bond acceptors (Lipinski definition) is 5. The molecule has 18 heavy (non-hydrogen) atoms. The molecule has 0 bridgehead atoms. The number of anilines is 2. The number of aliphatic hydroxyl groups excluding tert-OH is 1. The van der Waals surface area contributed by atoms with Crippen molar-refractivity contribution >= 4 is 17.4 Å². The highest BCUT2D eigenvalue weighted by Crippen LogP contribution is 2.25. The maximum absolute atomic E-state index is 11.4. The molecular formula is C12H18N4O2. The Kier molecular flexibility index (Phi) is 3.66. The lowest BCUT2D eigenvalue weighted by Crippen LogP contribution is -2.36. The minimum atomic E-state index is -0.519. The highest BCUT2D eigenvalue weighted by atomic mass is 16.3. The summed E-state index contributed by atoms with van der Waals surface area (Å²) >= 11 is 0. The molecule has 0 spiro atoms. The number of carbonyl (C=O) groups excluding carboxylic acids is 1. The Morgan fingerprint density at radius 2 is 2.17 bits per heavy atom. The molecule has 1 aromatic rings. The van der Waals surface area contributed by atoms with Crippen LogP contribution in [0.25, 0.3) is 0 Å². The molecular weight excluding hydrogens is 232 g/mol. The number of primary amides is 1. The van der Waals surface area contributed by atoms with E-state index in [9.17, 15) is 4.79 Å². The van der Waals surface area contributed by atoms with E-state index < -0.39 is 5.91 Å². The lowest BCUT2D eigenvalue weighted by Gasteiger charge is -2.32. The van der Waals surface area contributed by atoms with E-state index in [0.717, 1.165) is 25.9 Å². The number of carbonyl (C=O) groups is 1. The molecule has 1 fully saturated rings. The van der Waals surface area contributed by atoms with Gasteiger partial charge >= 0.3 is 0 Å². The first-order valence-corrected chi connectivity index (χ1v) is 6.03. The van der Waals surface area contributed by atoms with Crippen molar-refractivity contribution in [1.29, 1.82) is 0 Å². The zero-order valence-corrected chi connectivity index (χ0v) is 10.2. The Bertz CT molecular complexity index is 442. The van der Waals surface area contributed by atoms with Gasteiger partial charge in [-0.25, -0.2) is 4.98 Å². The Morgan fingerprint density at radius 3 is 2.72 bits per heavy atom. The van der Waals surface area contributed by atoms with Crippen LogP contribution >= 0.6 is 0 Å². The molecule has 1 saturated heterocycles. The number of hydrogen-bond donors (Lipinski definition) is 3. The predicted molar refractivity (Wildman–Crippen MR) is 69.2 cm³/mol. The molecule has 0 unspecified atom stereocenters. The normalized spacial score (nSPS) is 16.8. The summed E-state index contributed by atoms with van der Waals surface area (Å²) in [7, 11) is 0. The van der Waals surface area contributed by atoms with Crippen LogP contribution < -0.4 is 16.4 Å². The van der Waals surface area contributed by atoms with Crippen LogP contribution in [-0.4, -0.2) is 35.7 Å². The Morgan fingerprint density at radius 1 is 1.50 bits per heavy atom. The van der Waals surface area contributed by atoms with Crippen molar-refractivity contribution in [1.82, 2.24) is 4.98 Å². The van der Waals surface area contributed by atoms with Crippen molar-refractivity contribution in [3.8, 4) is 0 Å². The fraction of sp³-hybridized carbons (Fsp3) is 0.500. The van der Waals surface area contributed by atoms with Gasteiger partial charge in [-0.1, -0.05) is 0 Å². The van der Waals surface area contributed by atoms with Gasteiger partial charge in [-0.3, -0.25) is 4.79 Å². The molecule has 6 heteroatoms. The molecule has 1 aromatic heterocycles. The average molecular weight is 250 g/mol. The highest BCUT2D eigenvalue weighted by molar-refractivity contribution is 5.98. The standard InChI is InChI=1S/C12H18N4O2/c13-9-5-10(11(14)18)12(15-6-9)16-3-1-8(7-17)2-4-16/h5-6,8,17H,1-4,7,13H2,(H2,14,18). The molecule has 0 aromatic carbocycles. The summed E-state index contributed by atoms with van der Waals surface area (Å²) in [6.07, 6.45) is 3.31. The Hall–Kier alpha value is -1.82. The first-order chi connectivity index (χ1) is 8.61. The topological polar surface area (TPSA) is 105 Å². The highest BCUT2D eigenvalue weighted by Gasteiger charge is 2.22. The van der Waals surface area contributed by atoms with Crippen LogP contribution in [0.4, 0.5) is 11.5 Å². The predicted octanol–water partition coefficient (Wildman–Crippen LogP) is -0.0286. The van der Waals surface area contributed by atoms with Crippen molar-refractivity contribution in [2.75, 3.05) is 30.3 Å². The first-order valence-electron chi connectivity index (χ1n) is 6.03. The summed E-state index contributed by atoms with van der Waals surface area (Å²) in [5.41, 5.74) is 11.7. The summed E-state index contributed by atoms with van der Waals surface area (Å²) in [5, 5.41) is 9.10. The van der Waals surface area contributed by atoms with E-state index in [1.54, 1.807) is 6.07 Å². The number of nitrogens with two attached hydrogens (primary N) is 2. The number of aromatic nitrogens is 1. The molecule has 2 rings (SSSR count). The quantitative estimate of drug-likeness (QED) is 0.698. The summed E-state index contributed by atoms with van der Waals surface area (Å²) in [5.74, 6) is 0.411. The van der Waals surface area contributed by atoms with Gasteiger partial charge in [-0.2, -0.15) is 0 Å². The van der Waals surface area contributed by atoms with Gasteiger partial charge in [0, 0.05) is 19.7 Å². The number of nitrogen functional groups attached to an aromatic ring is 1. The van der Waals surface area contributed by atoms with Gasteiger partial charge in [0.25, 0.3) is 5.91 Å². The van der Waals surface area contributed by atoms with Crippen LogP contribution in [0.3, 0.4) is 0 Å². The van der Waals surface area contributed by atoms with Crippen LogP contribution in [-0.2, 0) is 0 Å². The van der Waals surface area contributed by atoms with Gasteiger partial charge in [-0.05, 0) is 24.8 Å². The van der Waals surface area contributed by atoms with Crippen molar-refractivity contribution in [2.45, 2.75) is 12.8 Å². The van der Waals surface area contributed by atoms with Gasteiger partial charge in [-0.15, -0.1) is 0 Å². The fourth-order valence-electron chi connectivity index (χ4n) is 2.23. The van der Waals surface area contributed by atoms with Gasteiger partial charge < -0.3 is 21.5 Å². The largest absolute Gasteiger partial charge is 0.397 e. The van der Waals surface area contributed by atoms with Crippen molar-refractivity contribution in [3.63, 3.8) is 0 Å². The molecule has 1 amide bonds. The lowest BCUT2D eigenvalue weighted by molar-refractivity contribution is 0.1000. The molecule has 0 aliphatic carbocycles. The summed E-state index contributed by atoms with van der Waals surface area (Å²) in [4.78, 5) is 17.6. The van der Waals surface area contributed by atoms with Crippen molar-refractivity contribution in [2.24, 2.45) is 11.7 Å². The molecule has 1 aliphatic rings. The van der Waals surface area contributed by atoms with Crippen LogP contribution in [0.1, 0.15) is 23.2 Å². The van der Waals surface area contributed by atoms with Crippen LogP contribution in [0.15, 0.2) is 12.3 Å². The lowest BCUT2D eigenvalue weighted by atomic mass is 9.97. The summed E-state index contributed by atoms with van der Waals surface area (Å²) in [6, 6.07) is 1.56. The monoisotopic (exact) mass is 250 g/mol. The van der Waals surface area contributed by atoms with E-state index in [1.165, 1.54) is 6.20 Å². The van der Waals surface area contributed by atoms with Gasteiger partial charge in [0.2, 0.25) is 0 Å². The summed E-state index contributed by atoms with van der Waals surface area (Å²) < 4.78 is 0. The second-order valence-electron chi connectivity index (χ2n) is 4.62. The van der Waals surface area contributed by atoms with Gasteiger partial charge in [0.1, 0.15) is 5.82 Å². The van der Waals surface area contributed by atoms with Crippen molar-refractivity contribution < 1.29 is 9.90 Å². The van der Waals surface area contributed by atoms with Crippen LogP contribution in [0, 0.1) is 5.92 Å². The van der Waals surface area contributed by atoms with Gasteiger partial charge in [0.15, 0.2) is 0 Å². The number of rotatable bonds is 3. The number of nitrogens with zero attached hydrogens (tertiary/aromatic N) is 2. The van der Waals surface area contributed by atoms with E-state index in [4.69, 9.17) is 16.6 Å². The Balaban J connectivity index is 2.21. The van der Waals surface area contributed by atoms with E-state index in [0.29, 0.717) is 23.0 Å². The first kappa shape index (κ1) is 12.6. The third-order valence-corrected chi connectivity index (χ3v) is 3.33. The molecule has 0 radical (unpaired) electrons. The molecule has 1 aliphatic heterocycles. The fourth-order valence-corrected chi connectivity index (χ4v) is 2.23. The smallest absolute Gasteiger partial charge is 0.252 e. The average Bonchev–Trinajstić information content (AvgIpc) is 2.39. The third kappa shape index (κ3) is 2.53. The van der Waals surface area contributed by atoms with Crippen molar-refractivity contribution in [3.05, 3.63) is 17.8 Å². The maximum atomic E-state index is 11.4. The number of aliphatic hydroxyl groups is 1. The second kappa shape index (κ2) is 5.22. The van der Waals surface area contributed by atoms with Crippen LogP contribution in [0.2, 0.25) is 0 Å². The number of piperidine rings is 1. The molecule has 0 saturated carbocycles. The zero-order valence-electron chi connectivity index (χ0n) is 10.2. The van der Waals surface area contributed by atoms with E-state index in [1.807, 2.05) is 4.90 Å². The second-order valence-corrected chi connectivity index (χ2v) is 4.62. The van der Waals surface area contributed by atoms with E-state index in [-0.39, 0.29) is 6.61 Å². The third-order valence-electron chi connectivity index (χ3n) is 3.33. The minimum Gasteiger partial charge on any atom is -0.397 e. The van der Waals surface area contributed by atoms with E-state index >= 15 is 0 Å². The van der Waals surface area contributed by atoms with Gasteiger partial charge in [0.05, 0.1) is 17.4 Å². The molecule has 5 N–H and O–H groups in total. The number of pyridine rings is 1. The zero-order chi connectivity index (χ0) is 13.1. The summed E-state index contributed by atoms with van der Waals surface area (Å²) in [6.45, 7) is 1.75. The molecule has 2 heterocycles. The molecule has 6 nitrogen and oxygen atoms in total. The van der Waals surface area contributed by atoms with E-state index in [2.05, 4.69) is 4.98 Å².